The van der Waals surface area contributed by atoms with E-state index in [1.807, 2.05) is 49.2 Å². The molecule has 0 unspecified atom stereocenters. The first kappa shape index (κ1) is 20.6. The molecule has 0 aromatic heterocycles. The zero-order valence-corrected chi connectivity index (χ0v) is 16.8. The molecular weight excluding hydrogens is 360 g/mol. The monoisotopic (exact) mass is 384 g/mol. The van der Waals surface area contributed by atoms with Gasteiger partial charge in [0, 0.05) is 13.6 Å². The van der Waals surface area contributed by atoms with E-state index in [1.165, 1.54) is 18.9 Å². The Labute approximate surface area is 164 Å². The molecule has 0 amide bonds. The number of phenolic OH excluding ortho intramolecular Hbond substituents is 1. The summed E-state index contributed by atoms with van der Waals surface area (Å²) in [6, 6.07) is 13.1. The number of ether oxygens (including phenoxy) is 1. The SMILES string of the molecule is CCN(C)C(=Nc1ccccc1)S/C(C=O)=C\c1cc(C)c(O)c(OC)c1. The van der Waals surface area contributed by atoms with E-state index in [0.717, 1.165) is 29.2 Å². The number of carbonyl (C=O) groups excluding carboxylic acids is 1. The summed E-state index contributed by atoms with van der Waals surface area (Å²) in [6.45, 7) is 4.58. The third-order valence-electron chi connectivity index (χ3n) is 3.92. The van der Waals surface area contributed by atoms with E-state index < -0.39 is 0 Å². The van der Waals surface area contributed by atoms with Crippen molar-refractivity contribution >= 4 is 35.0 Å². The molecule has 0 atom stereocenters. The minimum atomic E-state index is 0.104. The van der Waals surface area contributed by atoms with E-state index >= 15 is 0 Å². The van der Waals surface area contributed by atoms with Crippen LogP contribution in [0.25, 0.3) is 6.08 Å². The van der Waals surface area contributed by atoms with Crippen LogP contribution in [0.5, 0.6) is 11.5 Å². The molecule has 142 valence electrons. The highest BCUT2D eigenvalue weighted by molar-refractivity contribution is 8.17. The van der Waals surface area contributed by atoms with E-state index in [2.05, 4.69) is 4.99 Å². The average Bonchev–Trinajstić information content (AvgIpc) is 2.69. The number of aryl methyl sites for hydroxylation is 1. The number of aliphatic imine (C=N–C) groups is 1. The maximum Gasteiger partial charge on any atom is 0.169 e. The molecule has 27 heavy (non-hydrogen) atoms. The molecule has 0 bridgehead atoms. The highest BCUT2D eigenvalue weighted by Gasteiger charge is 2.12. The predicted molar refractivity (Wildman–Crippen MR) is 113 cm³/mol. The fourth-order valence-electron chi connectivity index (χ4n) is 2.30. The van der Waals surface area contributed by atoms with Gasteiger partial charge in [-0.15, -0.1) is 0 Å². The van der Waals surface area contributed by atoms with E-state index in [-0.39, 0.29) is 5.75 Å². The number of benzene rings is 2. The number of methoxy groups -OCH3 is 1. The molecule has 2 rings (SSSR count). The number of hydrogen-bond donors (Lipinski definition) is 1. The van der Waals surface area contributed by atoms with Crippen molar-refractivity contribution in [2.45, 2.75) is 13.8 Å². The summed E-state index contributed by atoms with van der Waals surface area (Å²) in [5, 5.41) is 10.7. The third-order valence-corrected chi connectivity index (χ3v) is 4.96. The number of para-hydroxylation sites is 1. The van der Waals surface area contributed by atoms with Gasteiger partial charge in [-0.05, 0) is 67.1 Å². The van der Waals surface area contributed by atoms with E-state index in [1.54, 1.807) is 25.1 Å². The van der Waals surface area contributed by atoms with Crippen LogP contribution in [0.4, 0.5) is 5.69 Å². The van der Waals surface area contributed by atoms with Gasteiger partial charge in [0.05, 0.1) is 17.7 Å². The highest BCUT2D eigenvalue weighted by Crippen LogP contribution is 2.32. The Morgan fingerprint density at radius 2 is 2.00 bits per heavy atom. The number of carbonyl (C=O) groups is 1. The number of rotatable bonds is 6. The first-order chi connectivity index (χ1) is 13.0. The van der Waals surface area contributed by atoms with Crippen LogP contribution in [0.15, 0.2) is 52.4 Å². The Hall–Kier alpha value is -2.73. The Balaban J connectivity index is 2.37. The molecule has 2 aromatic rings. The number of aldehydes is 1. The smallest absolute Gasteiger partial charge is 0.169 e. The maximum atomic E-state index is 11.7. The van der Waals surface area contributed by atoms with Gasteiger partial charge in [0.15, 0.2) is 23.0 Å². The summed E-state index contributed by atoms with van der Waals surface area (Å²) in [7, 11) is 3.43. The van der Waals surface area contributed by atoms with Crippen LogP contribution < -0.4 is 4.74 Å². The third kappa shape index (κ3) is 5.62. The van der Waals surface area contributed by atoms with Crippen molar-refractivity contribution in [1.82, 2.24) is 4.90 Å². The lowest BCUT2D eigenvalue weighted by Crippen LogP contribution is -2.23. The van der Waals surface area contributed by atoms with Crippen LogP contribution >= 0.6 is 11.8 Å². The molecule has 0 saturated heterocycles. The van der Waals surface area contributed by atoms with E-state index in [4.69, 9.17) is 4.74 Å². The van der Waals surface area contributed by atoms with E-state index in [9.17, 15) is 9.90 Å². The summed E-state index contributed by atoms with van der Waals surface area (Å²) in [5.74, 6) is 0.479. The summed E-state index contributed by atoms with van der Waals surface area (Å²) < 4.78 is 5.19. The minimum absolute atomic E-state index is 0.104. The quantitative estimate of drug-likeness (QED) is 0.341. The Morgan fingerprint density at radius 3 is 2.59 bits per heavy atom. The van der Waals surface area contributed by atoms with Crippen molar-refractivity contribution in [2.75, 3.05) is 20.7 Å². The normalized spacial score (nSPS) is 12.0. The van der Waals surface area contributed by atoms with Crippen molar-refractivity contribution in [3.8, 4) is 11.5 Å². The molecule has 5 nitrogen and oxygen atoms in total. The Bertz CT molecular complexity index is 848. The van der Waals surface area contributed by atoms with E-state index in [0.29, 0.717) is 16.2 Å². The molecule has 0 aliphatic heterocycles. The first-order valence-corrected chi connectivity index (χ1v) is 9.37. The fraction of sp³-hybridized carbons (Fsp3) is 0.238. The lowest BCUT2D eigenvalue weighted by molar-refractivity contribution is -0.104. The molecule has 6 heteroatoms. The zero-order valence-electron chi connectivity index (χ0n) is 16.0. The van der Waals surface area contributed by atoms with Gasteiger partial charge >= 0.3 is 0 Å². The topological polar surface area (TPSA) is 62.1 Å². The van der Waals surface area contributed by atoms with Gasteiger partial charge in [0.25, 0.3) is 0 Å². The number of hydrogen-bond acceptors (Lipinski definition) is 5. The lowest BCUT2D eigenvalue weighted by Gasteiger charge is -2.18. The van der Waals surface area contributed by atoms with Crippen molar-refractivity contribution in [3.63, 3.8) is 0 Å². The highest BCUT2D eigenvalue weighted by atomic mass is 32.2. The van der Waals surface area contributed by atoms with Gasteiger partial charge in [-0.1, -0.05) is 18.2 Å². The zero-order chi connectivity index (χ0) is 19.8. The molecule has 0 fully saturated rings. The van der Waals surface area contributed by atoms with Gasteiger partial charge in [-0.3, -0.25) is 4.79 Å². The number of nitrogens with zero attached hydrogens (tertiary/aromatic N) is 2. The van der Waals surface area contributed by atoms with Gasteiger partial charge in [0.1, 0.15) is 0 Å². The number of aromatic hydroxyl groups is 1. The fourth-order valence-corrected chi connectivity index (χ4v) is 3.19. The maximum absolute atomic E-state index is 11.7. The van der Waals surface area contributed by atoms with Crippen LogP contribution in [0.1, 0.15) is 18.1 Å². The number of phenols is 1. The Morgan fingerprint density at radius 1 is 1.30 bits per heavy atom. The number of allylic oxidation sites excluding steroid dienone is 1. The van der Waals surface area contributed by atoms with Crippen molar-refractivity contribution in [2.24, 2.45) is 4.99 Å². The van der Waals surface area contributed by atoms with Crippen LogP contribution in [0, 0.1) is 6.92 Å². The second kappa shape index (κ2) is 9.83. The van der Waals surface area contributed by atoms with Crippen LogP contribution in [-0.2, 0) is 4.79 Å². The number of amidine groups is 1. The van der Waals surface area contributed by atoms with Crippen LogP contribution in [0.2, 0.25) is 0 Å². The number of thioether (sulfide) groups is 1. The second-order valence-electron chi connectivity index (χ2n) is 5.90. The molecule has 0 radical (unpaired) electrons. The summed E-state index contributed by atoms with van der Waals surface area (Å²) in [6.07, 6.45) is 2.57. The van der Waals surface area contributed by atoms with Gasteiger partial charge < -0.3 is 14.7 Å². The molecule has 2 aromatic carbocycles. The molecule has 0 aliphatic carbocycles. The van der Waals surface area contributed by atoms with Gasteiger partial charge in [-0.25, -0.2) is 4.99 Å². The Kier molecular flexibility index (Phi) is 7.49. The standard InChI is InChI=1S/C21H24N2O3S/c1-5-23(3)21(22-17-9-7-6-8-10-17)27-18(14-24)12-16-11-15(2)20(25)19(13-16)26-4/h6-14,25H,5H2,1-4H3/b18-12-,22-21?. The molecule has 0 saturated carbocycles. The largest absolute Gasteiger partial charge is 0.504 e. The second-order valence-corrected chi connectivity index (χ2v) is 6.94. The predicted octanol–water partition coefficient (Wildman–Crippen LogP) is 4.62. The van der Waals surface area contributed by atoms with Crippen molar-refractivity contribution in [3.05, 3.63) is 58.5 Å². The average molecular weight is 385 g/mol. The summed E-state index contributed by atoms with van der Waals surface area (Å²) in [4.78, 5) is 18.8. The van der Waals surface area contributed by atoms with Gasteiger partial charge in [-0.2, -0.15) is 0 Å². The molecule has 0 heterocycles. The van der Waals surface area contributed by atoms with Crippen molar-refractivity contribution < 1.29 is 14.6 Å². The van der Waals surface area contributed by atoms with Crippen LogP contribution in [-0.4, -0.2) is 42.2 Å². The summed E-state index contributed by atoms with van der Waals surface area (Å²) >= 11 is 1.30. The first-order valence-electron chi connectivity index (χ1n) is 8.55. The minimum Gasteiger partial charge on any atom is -0.504 e. The van der Waals surface area contributed by atoms with Crippen molar-refractivity contribution in [1.29, 1.82) is 0 Å². The van der Waals surface area contributed by atoms with Gasteiger partial charge in [0.2, 0.25) is 0 Å². The molecule has 0 aliphatic rings. The van der Waals surface area contributed by atoms with Crippen LogP contribution in [0.3, 0.4) is 0 Å². The molecule has 1 N–H and O–H groups in total. The summed E-state index contributed by atoms with van der Waals surface area (Å²) in [5.41, 5.74) is 2.28. The lowest BCUT2D eigenvalue weighted by atomic mass is 10.1. The molecular formula is C21H24N2O3S. The molecule has 0 spiro atoms.